The number of para-hydroxylation sites is 1. The number of rotatable bonds is 27. The first-order valence-corrected chi connectivity index (χ1v) is 41.1. The lowest BCUT2D eigenvalue weighted by molar-refractivity contribution is -0.265. The Kier molecular flexibility index (Phi) is 37.6. The highest BCUT2D eigenvalue weighted by Gasteiger charge is 2.53. The number of methoxy groups -OCH3 is 3. The molecule has 4 aliphatic heterocycles. The minimum atomic E-state index is -2.51. The number of esters is 1. The number of cyclic esters (lactones) is 1. The summed E-state index contributed by atoms with van der Waals surface area (Å²) in [5, 5.41) is 37.7. The van der Waals surface area contributed by atoms with Crippen molar-refractivity contribution in [1.82, 2.24) is 31.5 Å². The Morgan fingerprint density at radius 2 is 1.44 bits per heavy atom. The molecule has 7 rings (SSSR count). The number of nitrogens with two attached hydrogens (primary N) is 1. The number of urea groups is 1. The van der Waals surface area contributed by atoms with Gasteiger partial charge in [-0.1, -0.05) is 134 Å². The van der Waals surface area contributed by atoms with Crippen molar-refractivity contribution in [3.8, 4) is 11.8 Å². The van der Waals surface area contributed by atoms with E-state index >= 15 is 0 Å². The highest BCUT2D eigenvalue weighted by atomic mass is 16.6. The summed E-state index contributed by atoms with van der Waals surface area (Å²) in [6.07, 6.45) is 11.6. The summed E-state index contributed by atoms with van der Waals surface area (Å²) in [5.74, 6) is -5.18. The van der Waals surface area contributed by atoms with E-state index in [2.05, 4.69) is 38.4 Å². The van der Waals surface area contributed by atoms with Crippen LogP contribution in [0.5, 0.6) is 0 Å². The van der Waals surface area contributed by atoms with Gasteiger partial charge in [0.2, 0.25) is 35.3 Å². The number of aliphatic hydroxyl groups is 2. The van der Waals surface area contributed by atoms with Crippen LogP contribution in [0.1, 0.15) is 201 Å². The van der Waals surface area contributed by atoms with E-state index in [1.165, 1.54) is 14.2 Å². The normalized spacial score (nSPS) is 28.5. The van der Waals surface area contributed by atoms with Crippen LogP contribution in [-0.2, 0) is 82.9 Å². The third-order valence-corrected chi connectivity index (χ3v) is 23.0. The van der Waals surface area contributed by atoms with Crippen molar-refractivity contribution in [2.24, 2.45) is 47.2 Å². The predicted octanol–water partition coefficient (Wildman–Crippen LogP) is 8.41. The minimum Gasteiger partial charge on any atom is -0.460 e. The van der Waals surface area contributed by atoms with Crippen LogP contribution in [0.4, 0.5) is 10.5 Å². The Balaban J connectivity index is 0.954. The SMILES string of the molecule is CO[C@H]1C[C@@H]2CC[C@@H](C)[C@@](O)(O2)C(=O)C(=O)N2CCCCC2C(=O)O[C@H]([C@H](C)C[C@@H]2CC[C@@H](OCC(=O)N[C@H](C(=O)N[C@@H](CCCNC(N)=O)C(=O)NCCCCCC(=O)NCCC(=O)N3Cc4ccccc4C#Cc4ccccc43)C(C)C)[C@H](OC)C2)CC(=O)[C@H](C)/C=C(\C)[C@@H](O)[C@@H](OC)C(=O)[C@H](C)C[C@H](C)/C=C/C=C/C=C/1C. The molecule has 1 unspecified atom stereocenters. The van der Waals surface area contributed by atoms with Crippen LogP contribution in [0.3, 0.4) is 0 Å². The van der Waals surface area contributed by atoms with Crippen LogP contribution < -0.4 is 37.2 Å². The van der Waals surface area contributed by atoms with Gasteiger partial charge in [-0.05, 0) is 162 Å². The third kappa shape index (κ3) is 27.7. The number of carbonyl (C=O) groups excluding carboxylic acids is 11. The average molecular weight is 1600 g/mol. The number of ketones is 3. The van der Waals surface area contributed by atoms with E-state index in [4.69, 9.17) is 34.2 Å². The largest absolute Gasteiger partial charge is 0.460 e. The molecule has 2 saturated heterocycles. The number of nitrogens with zero attached hydrogens (tertiary/aromatic N) is 2. The second-order valence-electron chi connectivity index (χ2n) is 32.3. The zero-order chi connectivity index (χ0) is 84.1. The Hall–Kier alpha value is -8.75. The monoisotopic (exact) mass is 1600 g/mol. The number of aliphatic hydroxyl groups excluding tert-OH is 1. The van der Waals surface area contributed by atoms with Crippen LogP contribution in [0.2, 0.25) is 0 Å². The standard InChI is InChI=1S/C88H126N8O19/c1-54(2)78(84(105)93-67(31-25-43-92-87(89)108)83(104)91-42-23-14-17-34-75(98)90-44-41-77(100)96-52-65-30-19-18-28-63(65)37-38-64-29-20-21-32-68(64)96)94-76(99)53-113-71-40-36-62(49-74(71)111-11)48-58(6)73-51-70(97)57(5)47-60(8)80(102)81(112-12)79(101)59(7)46-55(3)26-15-13-16-27-56(4)72(110-10)50-66-39-35-61(9)88(109,115-66)82(103)85(106)95-45-24-22-33-69(95)86(107)114-73/h13,15-16,18-21,26-30,32,47,54-55,57-59,61-62,66-67,69,71-74,78,80-81,102,109H,14,17,22-25,31,33-36,39-46,48-53H2,1-12H3,(H,90,98)(H,91,104)(H,93,105)(H,94,99)(H3,89,92,108)/b16-13+,26-15+,56-27+,60-47+/t55-,57-,58-,59-,61-,62+,66+,67+,69?,71-,72+,73+,74-,78+,80-,81+,88-/m1/s1. The summed E-state index contributed by atoms with van der Waals surface area (Å²) >= 11 is 0. The molecule has 3 fully saturated rings. The lowest BCUT2D eigenvalue weighted by Gasteiger charge is -2.42. The van der Waals surface area contributed by atoms with Crippen LogP contribution in [0.25, 0.3) is 0 Å². The molecule has 27 nitrogen and oxygen atoms in total. The summed E-state index contributed by atoms with van der Waals surface area (Å²) in [5.41, 5.74) is 9.69. The fraction of sp³-hybridized carbons (Fsp3) is 0.625. The maximum atomic E-state index is 14.9. The van der Waals surface area contributed by atoms with Crippen LogP contribution in [0.15, 0.2) is 96.1 Å². The molecule has 2 aromatic carbocycles. The summed E-state index contributed by atoms with van der Waals surface area (Å²) in [6.45, 7) is 16.3. The molecule has 1 saturated carbocycles. The fourth-order valence-corrected chi connectivity index (χ4v) is 15.9. The van der Waals surface area contributed by atoms with Crippen molar-refractivity contribution in [3.63, 3.8) is 0 Å². The number of allylic oxidation sites excluding steroid dienone is 6. The van der Waals surface area contributed by atoms with Crippen molar-refractivity contribution >= 4 is 70.5 Å². The van der Waals surface area contributed by atoms with E-state index in [9.17, 15) is 63.0 Å². The number of piperidine rings is 1. The van der Waals surface area contributed by atoms with Gasteiger partial charge in [-0.25, -0.2) is 9.59 Å². The summed E-state index contributed by atoms with van der Waals surface area (Å²) in [6, 6.07) is 11.0. The van der Waals surface area contributed by atoms with E-state index in [0.717, 1.165) is 27.2 Å². The van der Waals surface area contributed by atoms with E-state index in [0.29, 0.717) is 94.9 Å². The number of hydrogen-bond donors (Lipinski definition) is 8. The van der Waals surface area contributed by atoms with Crippen LogP contribution >= 0.6 is 0 Å². The van der Waals surface area contributed by atoms with E-state index < -0.39 is 144 Å². The first-order valence-electron chi connectivity index (χ1n) is 41.1. The van der Waals surface area contributed by atoms with Gasteiger partial charge >= 0.3 is 12.0 Å². The number of hydrogen-bond acceptors (Lipinski definition) is 19. The van der Waals surface area contributed by atoms with Gasteiger partial charge in [-0.2, -0.15) is 0 Å². The van der Waals surface area contributed by atoms with Gasteiger partial charge in [0, 0.05) is 102 Å². The van der Waals surface area contributed by atoms with Gasteiger partial charge in [-0.3, -0.25) is 43.2 Å². The molecule has 27 heteroatoms. The second-order valence-corrected chi connectivity index (χ2v) is 32.3. The van der Waals surface area contributed by atoms with Crippen LogP contribution in [0, 0.1) is 53.3 Å². The number of nitrogens with one attached hydrogen (secondary N) is 5. The third-order valence-electron chi connectivity index (χ3n) is 23.0. The number of anilines is 1. The maximum Gasteiger partial charge on any atom is 0.329 e. The smallest absolute Gasteiger partial charge is 0.329 e. The Morgan fingerprint density at radius 1 is 0.722 bits per heavy atom. The number of Topliss-reactive ketones (excluding diaryl/α,β-unsaturated/α-hetero) is 3. The molecular weight excluding hydrogens is 1470 g/mol. The lowest BCUT2D eigenvalue weighted by atomic mass is 9.78. The van der Waals surface area contributed by atoms with E-state index in [1.807, 2.05) is 99.7 Å². The number of ether oxygens (including phenoxy) is 6. The number of unbranched alkanes of at least 4 members (excludes halogenated alkanes) is 2. The first kappa shape index (κ1) is 93.4. The summed E-state index contributed by atoms with van der Waals surface area (Å²) in [7, 11) is 4.44. The maximum absolute atomic E-state index is 14.9. The van der Waals surface area contributed by atoms with Crippen molar-refractivity contribution in [2.45, 2.75) is 257 Å². The Bertz CT molecular complexity index is 3860. The van der Waals surface area contributed by atoms with Gasteiger partial charge in [0.05, 0.1) is 36.6 Å². The zero-order valence-corrected chi connectivity index (χ0v) is 69.4. The topological polar surface area (TPSA) is 376 Å². The molecule has 5 aliphatic rings. The van der Waals surface area contributed by atoms with Gasteiger partial charge in [0.25, 0.3) is 11.7 Å². The summed E-state index contributed by atoms with van der Waals surface area (Å²) in [4.78, 5) is 155. The number of fused-ring (bicyclic) bond motifs is 5. The number of primary amides is 1. The second kappa shape index (κ2) is 46.3. The van der Waals surface area contributed by atoms with Gasteiger partial charge in [0.15, 0.2) is 5.78 Å². The molecule has 9 N–H and O–H groups in total. The van der Waals surface area contributed by atoms with E-state index in [-0.39, 0.29) is 106 Å². The molecule has 0 spiro atoms. The van der Waals surface area contributed by atoms with Crippen molar-refractivity contribution in [2.75, 3.05) is 59.0 Å². The van der Waals surface area contributed by atoms with Crippen LogP contribution in [-0.4, -0.2) is 201 Å². The molecule has 8 amide bonds. The lowest BCUT2D eigenvalue weighted by Crippen LogP contribution is -2.61. The molecule has 632 valence electrons. The minimum absolute atomic E-state index is 0.0106. The molecule has 1 aliphatic carbocycles. The van der Waals surface area contributed by atoms with Gasteiger partial charge in [-0.15, -0.1) is 0 Å². The molecule has 115 heavy (non-hydrogen) atoms. The Morgan fingerprint density at radius 3 is 2.17 bits per heavy atom. The zero-order valence-electron chi connectivity index (χ0n) is 69.4. The molecule has 17 atom stereocenters. The van der Waals surface area contributed by atoms with Gasteiger partial charge < -0.3 is 80.8 Å². The van der Waals surface area contributed by atoms with Crippen molar-refractivity contribution in [1.29, 1.82) is 0 Å². The highest BCUT2D eigenvalue weighted by molar-refractivity contribution is 6.39. The van der Waals surface area contributed by atoms with Gasteiger partial charge in [0.1, 0.15) is 48.8 Å². The predicted molar refractivity (Wildman–Crippen MR) is 434 cm³/mol. The Labute approximate surface area is 678 Å². The molecular formula is C88H126N8O19. The number of carbonyl (C=O) groups is 11. The number of benzene rings is 2. The van der Waals surface area contributed by atoms with Crippen molar-refractivity contribution in [3.05, 3.63) is 113 Å². The average Bonchev–Trinajstić information content (AvgIpc) is 0.769. The van der Waals surface area contributed by atoms with E-state index in [1.54, 1.807) is 59.6 Å². The highest BCUT2D eigenvalue weighted by Crippen LogP contribution is 2.39. The number of amides is 8. The molecule has 0 aromatic heterocycles. The molecule has 0 radical (unpaired) electrons. The first-order chi connectivity index (χ1) is 54.9. The molecule has 2 aromatic rings. The van der Waals surface area contributed by atoms with Crippen molar-refractivity contribution < 1.29 is 91.4 Å². The quantitative estimate of drug-likeness (QED) is 0.0137. The summed E-state index contributed by atoms with van der Waals surface area (Å²) < 4.78 is 36.4. The fourth-order valence-electron chi connectivity index (χ4n) is 15.9. The molecule has 4 heterocycles. The molecule has 2 bridgehead atoms.